The molecule has 0 saturated carbocycles. The Morgan fingerprint density at radius 1 is 1.04 bits per heavy atom. The molecule has 10 heteroatoms. The number of carbonyl (C=O) groups excluding carboxylic acids is 5. The first-order valence-electron chi connectivity index (χ1n) is 6.40. The van der Waals surface area contributed by atoms with Crippen LogP contribution in [-0.4, -0.2) is 49.9 Å². The van der Waals surface area contributed by atoms with E-state index in [-0.39, 0.29) is 25.4 Å². The number of aliphatic imine (C=N–C) groups is 2. The molecule has 0 heterocycles. The molecule has 0 aromatic heterocycles. The molecule has 24 heavy (non-hydrogen) atoms. The van der Waals surface area contributed by atoms with Gasteiger partial charge in [0.05, 0.1) is 6.54 Å². The van der Waals surface area contributed by atoms with Crippen LogP contribution >= 0.6 is 0 Å². The maximum atomic E-state index is 10.8. The molecule has 0 aliphatic heterocycles. The lowest BCUT2D eigenvalue weighted by atomic mass is 10.3. The zero-order valence-corrected chi connectivity index (χ0v) is 13.4. The summed E-state index contributed by atoms with van der Waals surface area (Å²) in [5, 5.41) is 4.09. The first-order chi connectivity index (χ1) is 11.3. The van der Waals surface area contributed by atoms with Gasteiger partial charge >= 0.3 is 12.0 Å². The van der Waals surface area contributed by atoms with Crippen LogP contribution < -0.4 is 10.6 Å². The van der Waals surface area contributed by atoms with Crippen molar-refractivity contribution in [2.24, 2.45) is 9.98 Å². The van der Waals surface area contributed by atoms with E-state index in [2.05, 4.69) is 33.2 Å². The molecule has 0 saturated heterocycles. The van der Waals surface area contributed by atoms with E-state index in [1.54, 1.807) is 6.92 Å². The number of urea groups is 1. The molecule has 0 aliphatic carbocycles. The summed E-state index contributed by atoms with van der Waals surface area (Å²) >= 11 is 0. The standard InChI is InChI=1S/C7H9N3O3.C7H9NO3/c1-5(2)6(12)10-7(13)9-3-8-4-11;1-6(2)7(10)11-4-3-8-5-9/h1,3H2,2H3,(H2,9,10,12,13);1,3-4H2,2H3. The normalized spacial score (nSPS) is 8.08. The van der Waals surface area contributed by atoms with Crippen LogP contribution in [0.4, 0.5) is 4.79 Å². The number of ether oxygens (including phenoxy) is 1. The van der Waals surface area contributed by atoms with E-state index < -0.39 is 17.9 Å². The van der Waals surface area contributed by atoms with E-state index in [9.17, 15) is 24.0 Å². The molecule has 0 atom stereocenters. The van der Waals surface area contributed by atoms with E-state index in [0.29, 0.717) is 5.57 Å². The quantitative estimate of drug-likeness (QED) is 0.222. The summed E-state index contributed by atoms with van der Waals surface area (Å²) < 4.78 is 4.59. The molecular formula is C14H18N4O6. The van der Waals surface area contributed by atoms with Crippen molar-refractivity contribution < 1.29 is 28.7 Å². The summed E-state index contributed by atoms with van der Waals surface area (Å²) in [5.74, 6) is -1.04. The van der Waals surface area contributed by atoms with E-state index in [4.69, 9.17) is 0 Å². The van der Waals surface area contributed by atoms with Crippen molar-refractivity contribution >= 4 is 30.1 Å². The third kappa shape index (κ3) is 15.0. The fourth-order valence-corrected chi connectivity index (χ4v) is 0.750. The Labute approximate surface area is 138 Å². The smallest absolute Gasteiger partial charge is 0.333 e. The molecule has 0 radical (unpaired) electrons. The Balaban J connectivity index is 0. The van der Waals surface area contributed by atoms with Crippen molar-refractivity contribution in [3.05, 3.63) is 24.3 Å². The highest BCUT2D eigenvalue weighted by molar-refractivity contribution is 6.02. The molecule has 2 N–H and O–H groups in total. The lowest BCUT2D eigenvalue weighted by Crippen LogP contribution is -2.39. The fourth-order valence-electron chi connectivity index (χ4n) is 0.750. The maximum absolute atomic E-state index is 10.8. The minimum absolute atomic E-state index is 0.0981. The number of carbonyl (C=O) groups is 3. The number of isocyanates is 2. The Morgan fingerprint density at radius 2 is 1.62 bits per heavy atom. The lowest BCUT2D eigenvalue weighted by Gasteiger charge is -2.02. The average Bonchev–Trinajstić information content (AvgIpc) is 2.52. The Bertz CT molecular complexity index is 586. The van der Waals surface area contributed by atoms with Gasteiger partial charge in [0, 0.05) is 11.1 Å². The summed E-state index contributed by atoms with van der Waals surface area (Å²) in [6, 6.07) is -0.730. The Kier molecular flexibility index (Phi) is 13.9. The number of hydrogen-bond donors (Lipinski definition) is 2. The number of amides is 3. The second-order valence-corrected chi connectivity index (χ2v) is 4.04. The van der Waals surface area contributed by atoms with Crippen molar-refractivity contribution in [2.75, 3.05) is 19.8 Å². The number of hydrogen-bond acceptors (Lipinski definition) is 8. The Morgan fingerprint density at radius 3 is 2.08 bits per heavy atom. The molecule has 0 fully saturated rings. The summed E-state index contributed by atoms with van der Waals surface area (Å²) in [6.07, 6.45) is 2.56. The van der Waals surface area contributed by atoms with Gasteiger partial charge in [-0.2, -0.15) is 4.99 Å². The summed E-state index contributed by atoms with van der Waals surface area (Å²) in [5.41, 5.74) is 0.550. The van der Waals surface area contributed by atoms with Crippen molar-refractivity contribution in [2.45, 2.75) is 13.8 Å². The Hall–Kier alpha value is -3.35. The highest BCUT2D eigenvalue weighted by Crippen LogP contribution is 1.90. The van der Waals surface area contributed by atoms with Crippen LogP contribution in [0.1, 0.15) is 13.8 Å². The van der Waals surface area contributed by atoms with Crippen molar-refractivity contribution in [3.8, 4) is 0 Å². The number of imide groups is 1. The number of nitrogens with zero attached hydrogens (tertiary/aromatic N) is 2. The van der Waals surface area contributed by atoms with Gasteiger partial charge < -0.3 is 10.1 Å². The second kappa shape index (κ2) is 14.6. The third-order valence-electron chi connectivity index (χ3n) is 1.85. The minimum Gasteiger partial charge on any atom is -0.460 e. The molecule has 3 amide bonds. The van der Waals surface area contributed by atoms with Crippen molar-refractivity contribution in [1.29, 1.82) is 0 Å². The fraction of sp³-hybridized carbons (Fsp3) is 0.357. The van der Waals surface area contributed by atoms with E-state index in [0.717, 1.165) is 0 Å². The highest BCUT2D eigenvalue weighted by Gasteiger charge is 2.05. The summed E-state index contributed by atoms with van der Waals surface area (Å²) in [4.78, 5) is 57.6. The van der Waals surface area contributed by atoms with E-state index >= 15 is 0 Å². The predicted molar refractivity (Wildman–Crippen MR) is 83.2 cm³/mol. The van der Waals surface area contributed by atoms with Gasteiger partial charge in [-0.05, 0) is 13.8 Å². The SMILES string of the molecule is C=C(C)C(=O)NC(=O)NCN=C=O.C=C(C)C(=O)OCCN=C=O. The highest BCUT2D eigenvalue weighted by atomic mass is 16.5. The van der Waals surface area contributed by atoms with Crippen LogP contribution in [0.5, 0.6) is 0 Å². The van der Waals surface area contributed by atoms with Gasteiger partial charge in [0.2, 0.25) is 12.2 Å². The zero-order chi connectivity index (χ0) is 19.0. The molecule has 0 rings (SSSR count). The van der Waals surface area contributed by atoms with Gasteiger partial charge in [0.1, 0.15) is 13.3 Å². The van der Waals surface area contributed by atoms with Gasteiger partial charge in [-0.1, -0.05) is 13.2 Å². The molecular weight excluding hydrogens is 320 g/mol. The third-order valence-corrected chi connectivity index (χ3v) is 1.85. The van der Waals surface area contributed by atoms with Gasteiger partial charge in [0.15, 0.2) is 0 Å². The van der Waals surface area contributed by atoms with Crippen LogP contribution in [0, 0.1) is 0 Å². The molecule has 0 unspecified atom stereocenters. The van der Waals surface area contributed by atoms with Crippen molar-refractivity contribution in [3.63, 3.8) is 0 Å². The van der Waals surface area contributed by atoms with E-state index in [1.165, 1.54) is 19.1 Å². The largest absolute Gasteiger partial charge is 0.460 e. The summed E-state index contributed by atoms with van der Waals surface area (Å²) in [6.45, 7) is 9.75. The summed E-state index contributed by atoms with van der Waals surface area (Å²) in [7, 11) is 0. The number of esters is 1. The lowest BCUT2D eigenvalue weighted by molar-refractivity contribution is -0.138. The predicted octanol–water partition coefficient (Wildman–Crippen LogP) is 0.123. The molecule has 130 valence electrons. The molecule has 10 nitrogen and oxygen atoms in total. The second-order valence-electron chi connectivity index (χ2n) is 4.04. The van der Waals surface area contributed by atoms with Crippen LogP contribution in [0.25, 0.3) is 0 Å². The van der Waals surface area contributed by atoms with Gasteiger partial charge in [-0.15, -0.1) is 0 Å². The molecule has 0 aliphatic rings. The number of nitrogens with one attached hydrogen (secondary N) is 2. The van der Waals surface area contributed by atoms with E-state index in [1.807, 2.05) is 5.32 Å². The molecule has 0 aromatic rings. The molecule has 0 aromatic carbocycles. The average molecular weight is 338 g/mol. The van der Waals surface area contributed by atoms with Crippen LogP contribution in [-0.2, 0) is 23.9 Å². The minimum atomic E-state index is -0.730. The van der Waals surface area contributed by atoms with Gasteiger partial charge in [-0.3, -0.25) is 10.1 Å². The van der Waals surface area contributed by atoms with Crippen molar-refractivity contribution in [1.82, 2.24) is 10.6 Å². The van der Waals surface area contributed by atoms with Crippen LogP contribution in [0.3, 0.4) is 0 Å². The van der Waals surface area contributed by atoms with Gasteiger partial charge in [-0.25, -0.2) is 24.2 Å². The molecule has 0 spiro atoms. The topological polar surface area (TPSA) is 143 Å². The number of rotatable bonds is 7. The first-order valence-corrected chi connectivity index (χ1v) is 6.40. The first kappa shape index (κ1) is 22.9. The zero-order valence-electron chi connectivity index (χ0n) is 13.4. The monoisotopic (exact) mass is 338 g/mol. The maximum Gasteiger partial charge on any atom is 0.333 e. The van der Waals surface area contributed by atoms with Crippen LogP contribution in [0.15, 0.2) is 34.3 Å². The molecule has 0 bridgehead atoms. The van der Waals surface area contributed by atoms with Gasteiger partial charge in [0.25, 0.3) is 5.91 Å². The van der Waals surface area contributed by atoms with Crippen LogP contribution in [0.2, 0.25) is 0 Å².